The topological polar surface area (TPSA) is 24.8 Å². The Morgan fingerprint density at radius 1 is 1.05 bits per heavy atom. The molecule has 0 aromatic heterocycles. The molecule has 0 spiro atoms. The maximum atomic E-state index is 12.4. The number of carbonyl (C=O) groups excluding carboxylic acids is 1. The molecule has 0 aliphatic carbocycles. The Balaban J connectivity index is 1.55. The van der Waals surface area contributed by atoms with E-state index in [0.717, 1.165) is 43.3 Å². The van der Waals surface area contributed by atoms with Crippen LogP contribution in [0.25, 0.3) is 0 Å². The highest BCUT2D eigenvalue weighted by atomic mass is 35.5. The molecule has 1 N–H and O–H groups in total. The van der Waals surface area contributed by atoms with Gasteiger partial charge in [-0.2, -0.15) is 0 Å². The van der Waals surface area contributed by atoms with Crippen molar-refractivity contribution in [1.29, 1.82) is 0 Å². The minimum Gasteiger partial charge on any atom is -0.328 e. The quantitative estimate of drug-likeness (QED) is 0.919. The van der Waals surface area contributed by atoms with Crippen molar-refractivity contribution in [3.63, 3.8) is 0 Å². The van der Waals surface area contributed by atoms with Gasteiger partial charge >= 0.3 is 0 Å². The summed E-state index contributed by atoms with van der Waals surface area (Å²) in [4.78, 5) is 15.9. The van der Waals surface area contributed by atoms with Gasteiger partial charge in [-0.3, -0.25) is 4.79 Å². The van der Waals surface area contributed by atoms with Crippen molar-refractivity contribution < 1.29 is 9.69 Å². The van der Waals surface area contributed by atoms with Gasteiger partial charge in [-0.05, 0) is 24.3 Å². The van der Waals surface area contributed by atoms with Crippen LogP contribution < -0.4 is 4.90 Å². The molecule has 1 aliphatic heterocycles. The third-order valence-corrected chi connectivity index (χ3v) is 4.36. The summed E-state index contributed by atoms with van der Waals surface area (Å²) in [5, 5.41) is 0.787. The molecular formula is C18H20ClN2O+. The van der Waals surface area contributed by atoms with E-state index in [-0.39, 0.29) is 5.91 Å². The number of quaternary nitrogens is 1. The van der Waals surface area contributed by atoms with Crippen LogP contribution in [-0.4, -0.2) is 37.0 Å². The fourth-order valence-electron chi connectivity index (χ4n) is 2.90. The molecule has 4 heteroatoms. The molecular weight excluding hydrogens is 296 g/mol. The highest BCUT2D eigenvalue weighted by Crippen LogP contribution is 2.10. The van der Waals surface area contributed by atoms with Gasteiger partial charge in [0, 0.05) is 16.1 Å². The van der Waals surface area contributed by atoms with E-state index in [2.05, 4.69) is 6.07 Å². The minimum atomic E-state index is 0.141. The Hall–Kier alpha value is -1.84. The highest BCUT2D eigenvalue weighted by molar-refractivity contribution is 6.30. The molecule has 2 aromatic carbocycles. The molecule has 1 fully saturated rings. The summed E-state index contributed by atoms with van der Waals surface area (Å²) in [5.74, 6) is 0.141. The maximum absolute atomic E-state index is 12.4. The lowest BCUT2D eigenvalue weighted by molar-refractivity contribution is -0.917. The number of carbonyl (C=O) groups is 1. The molecule has 3 rings (SSSR count). The van der Waals surface area contributed by atoms with E-state index in [0.29, 0.717) is 0 Å². The first kappa shape index (κ1) is 15.1. The van der Waals surface area contributed by atoms with Crippen molar-refractivity contribution in [2.24, 2.45) is 0 Å². The normalized spacial score (nSPS) is 15.8. The van der Waals surface area contributed by atoms with E-state index >= 15 is 0 Å². The standard InChI is InChI=1S/C18H19ClN2O/c19-17-8-4-5-15(13-17)14-20-9-11-21(12-10-20)18(22)16-6-2-1-3-7-16/h1-8,13H,9-12,14H2/p+1. The lowest BCUT2D eigenvalue weighted by Crippen LogP contribution is -3.13. The number of nitrogens with one attached hydrogen (secondary N) is 1. The fraction of sp³-hybridized carbons (Fsp3) is 0.278. The number of benzene rings is 2. The zero-order valence-electron chi connectivity index (χ0n) is 12.5. The lowest BCUT2D eigenvalue weighted by atomic mass is 10.1. The number of halogens is 1. The van der Waals surface area contributed by atoms with Gasteiger partial charge in [-0.1, -0.05) is 41.9 Å². The molecule has 114 valence electrons. The Morgan fingerprint density at radius 3 is 2.45 bits per heavy atom. The summed E-state index contributed by atoms with van der Waals surface area (Å²) in [6, 6.07) is 17.5. The Morgan fingerprint density at radius 2 is 1.77 bits per heavy atom. The van der Waals surface area contributed by atoms with Gasteiger partial charge < -0.3 is 9.80 Å². The highest BCUT2D eigenvalue weighted by Gasteiger charge is 2.24. The summed E-state index contributed by atoms with van der Waals surface area (Å²) in [5.41, 5.74) is 2.03. The molecule has 0 atom stereocenters. The van der Waals surface area contributed by atoms with Gasteiger partial charge in [0.15, 0.2) is 0 Å². The largest absolute Gasteiger partial charge is 0.328 e. The van der Waals surface area contributed by atoms with Crippen molar-refractivity contribution in [2.45, 2.75) is 6.54 Å². The predicted molar refractivity (Wildman–Crippen MR) is 88.2 cm³/mol. The van der Waals surface area contributed by atoms with Crippen molar-refractivity contribution in [3.8, 4) is 0 Å². The molecule has 0 saturated carbocycles. The first-order valence-electron chi connectivity index (χ1n) is 7.65. The average Bonchev–Trinajstić information content (AvgIpc) is 2.56. The lowest BCUT2D eigenvalue weighted by Gasteiger charge is -2.32. The monoisotopic (exact) mass is 315 g/mol. The molecule has 2 aromatic rings. The van der Waals surface area contributed by atoms with Crippen LogP contribution in [0.5, 0.6) is 0 Å². The first-order valence-corrected chi connectivity index (χ1v) is 8.02. The van der Waals surface area contributed by atoms with E-state index in [1.807, 2.05) is 53.4 Å². The van der Waals surface area contributed by atoms with Crippen LogP contribution in [0.1, 0.15) is 15.9 Å². The summed E-state index contributed by atoms with van der Waals surface area (Å²) >= 11 is 6.03. The number of rotatable bonds is 3. The third-order valence-electron chi connectivity index (χ3n) is 4.12. The second-order valence-corrected chi connectivity index (χ2v) is 6.15. The van der Waals surface area contributed by atoms with Gasteiger partial charge in [0.05, 0.1) is 26.2 Å². The second kappa shape index (κ2) is 6.95. The van der Waals surface area contributed by atoms with Gasteiger partial charge in [-0.15, -0.1) is 0 Å². The van der Waals surface area contributed by atoms with Crippen LogP contribution in [0, 0.1) is 0 Å². The predicted octanol–water partition coefficient (Wildman–Crippen LogP) is 1.88. The fourth-order valence-corrected chi connectivity index (χ4v) is 3.11. The first-order chi connectivity index (χ1) is 10.7. The van der Waals surface area contributed by atoms with Crippen LogP contribution in [0.2, 0.25) is 5.02 Å². The molecule has 1 amide bonds. The van der Waals surface area contributed by atoms with E-state index in [4.69, 9.17) is 11.6 Å². The van der Waals surface area contributed by atoms with Gasteiger partial charge in [-0.25, -0.2) is 0 Å². The van der Waals surface area contributed by atoms with Gasteiger partial charge in [0.25, 0.3) is 5.91 Å². The second-order valence-electron chi connectivity index (χ2n) is 5.71. The van der Waals surface area contributed by atoms with Crippen LogP contribution in [0.15, 0.2) is 54.6 Å². The number of nitrogens with zero attached hydrogens (tertiary/aromatic N) is 1. The number of piperazine rings is 1. The number of hydrogen-bond donors (Lipinski definition) is 1. The van der Waals surface area contributed by atoms with Crippen LogP contribution in [0.4, 0.5) is 0 Å². The summed E-state index contributed by atoms with van der Waals surface area (Å²) in [6.45, 7) is 4.54. The number of amides is 1. The molecule has 1 saturated heterocycles. The summed E-state index contributed by atoms with van der Waals surface area (Å²) in [7, 11) is 0. The zero-order valence-corrected chi connectivity index (χ0v) is 13.2. The van der Waals surface area contributed by atoms with Crippen LogP contribution >= 0.6 is 11.6 Å². The van der Waals surface area contributed by atoms with E-state index in [1.165, 1.54) is 10.5 Å². The van der Waals surface area contributed by atoms with Crippen molar-refractivity contribution in [2.75, 3.05) is 26.2 Å². The molecule has 3 nitrogen and oxygen atoms in total. The Labute approximate surface area is 136 Å². The van der Waals surface area contributed by atoms with Crippen molar-refractivity contribution in [3.05, 3.63) is 70.7 Å². The molecule has 0 bridgehead atoms. The molecule has 1 heterocycles. The Bertz CT molecular complexity index is 637. The average molecular weight is 316 g/mol. The van der Waals surface area contributed by atoms with E-state index in [9.17, 15) is 4.79 Å². The van der Waals surface area contributed by atoms with E-state index < -0.39 is 0 Å². The van der Waals surface area contributed by atoms with Gasteiger partial charge in [0.2, 0.25) is 0 Å². The van der Waals surface area contributed by atoms with Crippen LogP contribution in [-0.2, 0) is 6.54 Å². The third kappa shape index (κ3) is 3.67. The van der Waals surface area contributed by atoms with Crippen LogP contribution in [0.3, 0.4) is 0 Å². The SMILES string of the molecule is O=C(c1ccccc1)N1CC[NH+](Cc2cccc(Cl)c2)CC1. The molecule has 22 heavy (non-hydrogen) atoms. The Kier molecular flexibility index (Phi) is 4.76. The summed E-state index contributed by atoms with van der Waals surface area (Å²) < 4.78 is 0. The minimum absolute atomic E-state index is 0.141. The molecule has 0 radical (unpaired) electrons. The maximum Gasteiger partial charge on any atom is 0.254 e. The van der Waals surface area contributed by atoms with Gasteiger partial charge in [0.1, 0.15) is 6.54 Å². The number of hydrogen-bond acceptors (Lipinski definition) is 1. The van der Waals surface area contributed by atoms with Crippen molar-refractivity contribution >= 4 is 17.5 Å². The smallest absolute Gasteiger partial charge is 0.254 e. The summed E-state index contributed by atoms with van der Waals surface area (Å²) in [6.07, 6.45) is 0. The molecule has 0 unspecified atom stereocenters. The van der Waals surface area contributed by atoms with Crippen molar-refractivity contribution in [1.82, 2.24) is 4.90 Å². The zero-order chi connectivity index (χ0) is 15.4. The van der Waals surface area contributed by atoms with E-state index in [1.54, 1.807) is 0 Å². The molecule has 1 aliphatic rings.